The highest BCUT2D eigenvalue weighted by atomic mass is 32.2. The van der Waals surface area contributed by atoms with E-state index < -0.39 is 0 Å². The number of nitrogens with zero attached hydrogens (tertiary/aromatic N) is 2. The molecule has 1 aromatic heterocycles. The highest BCUT2D eigenvalue weighted by Gasteiger charge is 2.21. The molecule has 10 heteroatoms. The molecular weight excluding hydrogens is 448 g/mol. The lowest BCUT2D eigenvalue weighted by Gasteiger charge is -2.27. The van der Waals surface area contributed by atoms with E-state index in [0.29, 0.717) is 29.7 Å². The van der Waals surface area contributed by atoms with Gasteiger partial charge in [-0.3, -0.25) is 19.8 Å². The number of anilines is 3. The van der Waals surface area contributed by atoms with Crippen molar-refractivity contribution >= 4 is 57.5 Å². The summed E-state index contributed by atoms with van der Waals surface area (Å²) in [6, 6.07) is 6.86. The van der Waals surface area contributed by atoms with Gasteiger partial charge in [0.05, 0.1) is 22.8 Å². The Kier molecular flexibility index (Phi) is 9.52. The molecule has 0 fully saturated rings. The minimum absolute atomic E-state index is 0.0336. The Labute approximate surface area is 197 Å². The van der Waals surface area contributed by atoms with Crippen molar-refractivity contribution in [2.75, 3.05) is 34.4 Å². The lowest BCUT2D eigenvalue weighted by Crippen LogP contribution is -2.37. The van der Waals surface area contributed by atoms with E-state index in [2.05, 4.69) is 36.4 Å². The predicted octanol–water partition coefficient (Wildman–Crippen LogP) is 5.23. The van der Waals surface area contributed by atoms with Crippen LogP contribution in [0.1, 0.15) is 41.0 Å². The zero-order chi connectivity index (χ0) is 23.7. The Balaban J connectivity index is 2.13. The monoisotopic (exact) mass is 478 g/mol. The molecule has 3 amide bonds. The topological polar surface area (TPSA) is 101 Å². The summed E-state index contributed by atoms with van der Waals surface area (Å²) in [5, 5.41) is 6.04. The fourth-order valence-electron chi connectivity index (χ4n) is 2.63. The Morgan fingerprint density at radius 2 is 1.97 bits per heavy atom. The molecule has 2 rings (SSSR count). The first kappa shape index (κ1) is 25.7. The maximum atomic E-state index is 13.1. The number of nitrogens with one attached hydrogen (secondary N) is 2. The van der Waals surface area contributed by atoms with E-state index in [-0.39, 0.29) is 29.1 Å². The summed E-state index contributed by atoms with van der Waals surface area (Å²) in [5.41, 5.74) is 1.33. The third-order valence-corrected chi connectivity index (χ3v) is 6.23. The molecule has 0 unspecified atom stereocenters. The van der Waals surface area contributed by atoms with Crippen LogP contribution in [0.4, 0.5) is 21.3 Å². The maximum absolute atomic E-state index is 13.1. The molecule has 0 aliphatic carbocycles. The highest BCUT2D eigenvalue weighted by Crippen LogP contribution is 2.29. The molecule has 2 N–H and O–H groups in total. The lowest BCUT2D eigenvalue weighted by atomic mass is 9.92. The van der Waals surface area contributed by atoms with Gasteiger partial charge in [0.1, 0.15) is 0 Å². The van der Waals surface area contributed by atoms with Gasteiger partial charge in [0, 0.05) is 24.8 Å². The standard InChI is InChI=1S/C22H30N4O4S2/c1-6-30-18(28)14-31-19-13-23-20(32-19)25-21(29)26(11-10-22(3,4)5)17-9-7-8-16(12-17)24-15(2)27/h7-9,12-13H,6,10-11,14H2,1-5H3,(H,24,27)(H,23,25,29). The van der Waals surface area contributed by atoms with Crippen molar-refractivity contribution < 1.29 is 19.1 Å². The van der Waals surface area contributed by atoms with Crippen molar-refractivity contribution in [3.8, 4) is 0 Å². The quantitative estimate of drug-likeness (QED) is 0.378. The predicted molar refractivity (Wildman–Crippen MR) is 131 cm³/mol. The number of urea groups is 1. The van der Waals surface area contributed by atoms with Crippen LogP contribution in [-0.4, -0.2) is 41.8 Å². The van der Waals surface area contributed by atoms with Crippen LogP contribution in [0.15, 0.2) is 34.7 Å². The first-order chi connectivity index (χ1) is 15.1. The Morgan fingerprint density at radius 3 is 2.62 bits per heavy atom. The zero-order valence-electron chi connectivity index (χ0n) is 19.1. The van der Waals surface area contributed by atoms with Crippen molar-refractivity contribution in [2.45, 2.75) is 45.2 Å². The summed E-state index contributed by atoms with van der Waals surface area (Å²) < 4.78 is 5.73. The SMILES string of the molecule is CCOC(=O)CSc1cnc(NC(=O)N(CCC(C)(C)C)c2cccc(NC(C)=O)c2)s1. The van der Waals surface area contributed by atoms with E-state index in [1.165, 1.54) is 30.0 Å². The fraction of sp³-hybridized carbons (Fsp3) is 0.455. The summed E-state index contributed by atoms with van der Waals surface area (Å²) in [6.45, 7) is 10.4. The molecule has 0 radical (unpaired) electrons. The van der Waals surface area contributed by atoms with Gasteiger partial charge in [-0.05, 0) is 37.0 Å². The molecule has 1 heterocycles. The number of ether oxygens (including phenoxy) is 1. The molecule has 174 valence electrons. The second-order valence-corrected chi connectivity index (χ2v) is 10.5. The molecule has 0 saturated carbocycles. The van der Waals surface area contributed by atoms with Gasteiger partial charge in [-0.15, -0.1) is 11.8 Å². The van der Waals surface area contributed by atoms with E-state index in [0.717, 1.165) is 10.6 Å². The number of aromatic nitrogens is 1. The van der Waals surface area contributed by atoms with Crippen molar-refractivity contribution in [2.24, 2.45) is 5.41 Å². The highest BCUT2D eigenvalue weighted by molar-refractivity contribution is 8.01. The largest absolute Gasteiger partial charge is 0.465 e. The average molecular weight is 479 g/mol. The van der Waals surface area contributed by atoms with Crippen molar-refractivity contribution in [3.63, 3.8) is 0 Å². The summed E-state index contributed by atoms with van der Waals surface area (Å²) >= 11 is 2.62. The average Bonchev–Trinajstić information content (AvgIpc) is 3.13. The fourth-order valence-corrected chi connectivity index (χ4v) is 4.29. The van der Waals surface area contributed by atoms with Gasteiger partial charge in [-0.25, -0.2) is 9.78 Å². The lowest BCUT2D eigenvalue weighted by molar-refractivity contribution is -0.139. The van der Waals surface area contributed by atoms with Crippen molar-refractivity contribution in [1.29, 1.82) is 0 Å². The van der Waals surface area contributed by atoms with Crippen LogP contribution in [0.2, 0.25) is 0 Å². The maximum Gasteiger partial charge on any atom is 0.328 e. The van der Waals surface area contributed by atoms with E-state index in [1.807, 2.05) is 6.07 Å². The first-order valence-corrected chi connectivity index (χ1v) is 12.1. The zero-order valence-corrected chi connectivity index (χ0v) is 20.7. The third-order valence-electron chi connectivity index (χ3n) is 4.14. The number of hydrogen-bond acceptors (Lipinski definition) is 7. The molecule has 32 heavy (non-hydrogen) atoms. The van der Waals surface area contributed by atoms with Gasteiger partial charge in [-0.1, -0.05) is 38.2 Å². The molecule has 0 saturated heterocycles. The molecule has 0 aliphatic rings. The van der Waals surface area contributed by atoms with Crippen LogP contribution in [-0.2, 0) is 14.3 Å². The normalized spacial score (nSPS) is 11.0. The van der Waals surface area contributed by atoms with E-state index in [4.69, 9.17) is 4.74 Å². The van der Waals surface area contributed by atoms with E-state index >= 15 is 0 Å². The summed E-state index contributed by atoms with van der Waals surface area (Å²) in [5.74, 6) is -0.274. The second-order valence-electron chi connectivity index (χ2n) is 8.20. The number of benzene rings is 1. The van der Waals surface area contributed by atoms with E-state index in [9.17, 15) is 14.4 Å². The number of esters is 1. The van der Waals surface area contributed by atoms with Crippen LogP contribution in [0, 0.1) is 5.41 Å². The molecular formula is C22H30N4O4S2. The van der Waals surface area contributed by atoms with Crippen LogP contribution in [0.5, 0.6) is 0 Å². The third kappa shape index (κ3) is 8.88. The van der Waals surface area contributed by atoms with Crippen LogP contribution < -0.4 is 15.5 Å². The number of rotatable bonds is 9. The van der Waals surface area contributed by atoms with E-state index in [1.54, 1.807) is 36.2 Å². The molecule has 8 nitrogen and oxygen atoms in total. The van der Waals surface area contributed by atoms with Gasteiger partial charge in [-0.2, -0.15) is 0 Å². The number of hydrogen-bond donors (Lipinski definition) is 2. The van der Waals surface area contributed by atoms with Crippen LogP contribution in [0.3, 0.4) is 0 Å². The van der Waals surface area contributed by atoms with Gasteiger partial charge in [0.15, 0.2) is 5.13 Å². The molecule has 1 aromatic carbocycles. The molecule has 0 aliphatic heterocycles. The summed E-state index contributed by atoms with van der Waals surface area (Å²) in [6.07, 6.45) is 2.41. The first-order valence-electron chi connectivity index (χ1n) is 10.3. The van der Waals surface area contributed by atoms with Crippen LogP contribution in [0.25, 0.3) is 0 Å². The number of amides is 3. The molecule has 2 aromatic rings. The van der Waals surface area contributed by atoms with Crippen molar-refractivity contribution in [3.05, 3.63) is 30.5 Å². The minimum Gasteiger partial charge on any atom is -0.465 e. The number of thioether (sulfide) groups is 1. The Hall–Kier alpha value is -2.59. The summed E-state index contributed by atoms with van der Waals surface area (Å²) in [7, 11) is 0. The van der Waals surface area contributed by atoms with Gasteiger partial charge < -0.3 is 10.1 Å². The molecule has 0 bridgehead atoms. The smallest absolute Gasteiger partial charge is 0.328 e. The summed E-state index contributed by atoms with van der Waals surface area (Å²) in [4.78, 5) is 42.0. The Bertz CT molecular complexity index is 940. The van der Waals surface area contributed by atoms with Crippen molar-refractivity contribution in [1.82, 2.24) is 4.98 Å². The van der Waals surface area contributed by atoms with Gasteiger partial charge in [0.2, 0.25) is 5.91 Å². The molecule has 0 spiro atoms. The number of carbonyl (C=O) groups is 3. The number of carbonyl (C=O) groups excluding carboxylic acids is 3. The van der Waals surface area contributed by atoms with Crippen LogP contribution >= 0.6 is 23.1 Å². The van der Waals surface area contributed by atoms with Gasteiger partial charge in [0.25, 0.3) is 0 Å². The minimum atomic E-state index is -0.314. The Morgan fingerprint density at radius 1 is 1.22 bits per heavy atom. The van der Waals surface area contributed by atoms with Gasteiger partial charge >= 0.3 is 12.0 Å². The second kappa shape index (κ2) is 11.9. The molecule has 0 atom stereocenters. The number of thiazole rings is 1.